The molecule has 222 valence electrons. The van der Waals surface area contributed by atoms with Crippen molar-refractivity contribution in [2.24, 2.45) is 0 Å². The lowest BCUT2D eigenvalue weighted by Crippen LogP contribution is -2.43. The minimum Gasteiger partial charge on any atom is -0.406 e. The number of pyridine rings is 1. The van der Waals surface area contributed by atoms with Crippen molar-refractivity contribution >= 4 is 23.1 Å². The van der Waals surface area contributed by atoms with Gasteiger partial charge < -0.3 is 30.7 Å². The van der Waals surface area contributed by atoms with E-state index in [0.29, 0.717) is 11.4 Å². The van der Waals surface area contributed by atoms with E-state index in [2.05, 4.69) is 40.0 Å². The van der Waals surface area contributed by atoms with E-state index >= 15 is 0 Å². The third kappa shape index (κ3) is 9.69. The number of anilines is 4. The quantitative estimate of drug-likeness (QED) is 0.190. The molecule has 1 aliphatic rings. The Hall–Kier alpha value is -4.79. The SMILES string of the molecule is FC(F)(F)Oc1cccc(Nc2nccc(-c3ccc(N4CCNCC4)nc3)n2)c1.Nc1cccc(OC(F)(F)F)c1. The molecule has 9 nitrogen and oxygen atoms in total. The number of halogens is 6. The number of rotatable bonds is 6. The van der Waals surface area contributed by atoms with Gasteiger partial charge in [-0.2, -0.15) is 0 Å². The molecule has 2 aromatic heterocycles. The molecule has 1 aliphatic heterocycles. The van der Waals surface area contributed by atoms with Crippen molar-refractivity contribution in [3.63, 3.8) is 0 Å². The van der Waals surface area contributed by atoms with E-state index in [1.165, 1.54) is 36.4 Å². The Kier molecular flexibility index (Phi) is 9.52. The van der Waals surface area contributed by atoms with Gasteiger partial charge in [0.1, 0.15) is 17.3 Å². The predicted molar refractivity (Wildman–Crippen MR) is 144 cm³/mol. The first-order valence-electron chi connectivity index (χ1n) is 12.4. The lowest BCUT2D eigenvalue weighted by atomic mass is 10.2. The Labute approximate surface area is 236 Å². The van der Waals surface area contributed by atoms with E-state index in [1.807, 2.05) is 12.1 Å². The summed E-state index contributed by atoms with van der Waals surface area (Å²) in [5, 5.41) is 6.20. The summed E-state index contributed by atoms with van der Waals surface area (Å²) in [6.45, 7) is 3.68. The summed E-state index contributed by atoms with van der Waals surface area (Å²) in [6.07, 6.45) is -6.08. The van der Waals surface area contributed by atoms with Crippen molar-refractivity contribution in [2.45, 2.75) is 12.7 Å². The van der Waals surface area contributed by atoms with Crippen LogP contribution in [-0.4, -0.2) is 53.9 Å². The number of piperazine rings is 1. The third-order valence-electron chi connectivity index (χ3n) is 5.56. The molecule has 1 fully saturated rings. The Balaban J connectivity index is 0.000000283. The van der Waals surface area contributed by atoms with Crippen LogP contribution in [0.2, 0.25) is 0 Å². The smallest absolute Gasteiger partial charge is 0.406 e. The summed E-state index contributed by atoms with van der Waals surface area (Å²) >= 11 is 0. The van der Waals surface area contributed by atoms with E-state index in [-0.39, 0.29) is 23.1 Å². The summed E-state index contributed by atoms with van der Waals surface area (Å²) in [4.78, 5) is 15.3. The Morgan fingerprint density at radius 3 is 2.10 bits per heavy atom. The average molecular weight is 594 g/mol. The minimum atomic E-state index is -4.75. The number of benzene rings is 2. The second-order valence-electron chi connectivity index (χ2n) is 8.73. The lowest BCUT2D eigenvalue weighted by Gasteiger charge is -2.28. The highest BCUT2D eigenvalue weighted by atomic mass is 19.4. The summed E-state index contributed by atoms with van der Waals surface area (Å²) in [6, 6.07) is 16.3. The zero-order valence-corrected chi connectivity index (χ0v) is 21.8. The van der Waals surface area contributed by atoms with Gasteiger partial charge in [0.25, 0.3) is 0 Å². The van der Waals surface area contributed by atoms with Crippen LogP contribution in [0.3, 0.4) is 0 Å². The Bertz CT molecular complexity index is 1450. The number of ether oxygens (including phenoxy) is 2. The van der Waals surface area contributed by atoms with Crippen LogP contribution in [0.5, 0.6) is 11.5 Å². The summed E-state index contributed by atoms with van der Waals surface area (Å²) in [5.41, 5.74) is 7.30. The highest BCUT2D eigenvalue weighted by Crippen LogP contribution is 2.27. The van der Waals surface area contributed by atoms with E-state index in [4.69, 9.17) is 5.73 Å². The summed E-state index contributed by atoms with van der Waals surface area (Å²) in [5.74, 6) is 0.538. The van der Waals surface area contributed by atoms with Crippen molar-refractivity contribution in [3.8, 4) is 22.8 Å². The van der Waals surface area contributed by atoms with Gasteiger partial charge in [-0.05, 0) is 42.5 Å². The Morgan fingerprint density at radius 2 is 1.48 bits per heavy atom. The molecule has 1 saturated heterocycles. The van der Waals surface area contributed by atoms with Crippen LogP contribution >= 0.6 is 0 Å². The van der Waals surface area contributed by atoms with Gasteiger partial charge >= 0.3 is 12.7 Å². The van der Waals surface area contributed by atoms with Gasteiger partial charge in [0.05, 0.1) is 5.69 Å². The van der Waals surface area contributed by atoms with E-state index in [1.54, 1.807) is 24.5 Å². The van der Waals surface area contributed by atoms with Gasteiger partial charge in [-0.1, -0.05) is 12.1 Å². The summed E-state index contributed by atoms with van der Waals surface area (Å²) in [7, 11) is 0. The molecular weight excluding hydrogens is 568 g/mol. The highest BCUT2D eigenvalue weighted by molar-refractivity contribution is 5.63. The van der Waals surface area contributed by atoms with Gasteiger partial charge in [0.15, 0.2) is 0 Å². The van der Waals surface area contributed by atoms with Gasteiger partial charge in [-0.15, -0.1) is 26.3 Å². The van der Waals surface area contributed by atoms with Gasteiger partial charge in [-0.3, -0.25) is 0 Å². The standard InChI is InChI=1S/C20H19F3N6O.C7H6F3NO/c21-20(22,23)30-16-3-1-2-15(12-16)27-19-25-7-6-17(28-19)14-4-5-18(26-13-14)29-10-8-24-9-11-29;8-7(9,10)12-6-3-1-2-5(11)4-6/h1-7,12-13,24H,8-11H2,(H,25,27,28);1-4H,11H2. The van der Waals surface area contributed by atoms with E-state index < -0.39 is 12.7 Å². The average Bonchev–Trinajstić information content (AvgIpc) is 2.93. The van der Waals surface area contributed by atoms with Crippen molar-refractivity contribution in [1.29, 1.82) is 0 Å². The molecule has 4 aromatic rings. The highest BCUT2D eigenvalue weighted by Gasteiger charge is 2.31. The molecule has 0 aliphatic carbocycles. The topological polar surface area (TPSA) is 110 Å². The van der Waals surface area contributed by atoms with Crippen molar-refractivity contribution in [1.82, 2.24) is 20.3 Å². The number of nitrogens with zero attached hydrogens (tertiary/aromatic N) is 4. The van der Waals surface area contributed by atoms with E-state index in [0.717, 1.165) is 43.6 Å². The van der Waals surface area contributed by atoms with E-state index in [9.17, 15) is 26.3 Å². The molecule has 5 rings (SSSR count). The van der Waals surface area contributed by atoms with Crippen LogP contribution in [-0.2, 0) is 0 Å². The maximum atomic E-state index is 12.4. The molecule has 0 unspecified atom stereocenters. The van der Waals surface area contributed by atoms with Crippen LogP contribution in [0.15, 0.2) is 79.1 Å². The third-order valence-corrected chi connectivity index (χ3v) is 5.56. The van der Waals surface area contributed by atoms with Crippen molar-refractivity contribution < 1.29 is 35.8 Å². The zero-order chi connectivity index (χ0) is 30.2. The van der Waals surface area contributed by atoms with Crippen LogP contribution in [0.1, 0.15) is 0 Å². The van der Waals surface area contributed by atoms with Gasteiger partial charge in [0.2, 0.25) is 5.95 Å². The fraction of sp³-hybridized carbons (Fsp3) is 0.222. The normalized spacial score (nSPS) is 13.5. The number of hydrogen-bond acceptors (Lipinski definition) is 9. The maximum Gasteiger partial charge on any atom is 0.573 e. The van der Waals surface area contributed by atoms with Crippen LogP contribution in [0, 0.1) is 0 Å². The largest absolute Gasteiger partial charge is 0.573 e. The monoisotopic (exact) mass is 593 g/mol. The molecular formula is C27H25F6N7O2. The van der Waals surface area contributed by atoms with Gasteiger partial charge in [0, 0.05) is 67.6 Å². The van der Waals surface area contributed by atoms with Crippen LogP contribution in [0.4, 0.5) is 49.5 Å². The lowest BCUT2D eigenvalue weighted by molar-refractivity contribution is -0.275. The molecule has 0 radical (unpaired) electrons. The van der Waals surface area contributed by atoms with Crippen LogP contribution in [0.25, 0.3) is 11.3 Å². The number of aromatic nitrogens is 3. The zero-order valence-electron chi connectivity index (χ0n) is 21.8. The number of nitrogen functional groups attached to an aromatic ring is 1. The predicted octanol–water partition coefficient (Wildman–Crippen LogP) is 5.76. The van der Waals surface area contributed by atoms with Crippen molar-refractivity contribution in [2.75, 3.05) is 42.1 Å². The molecule has 2 aromatic carbocycles. The molecule has 15 heteroatoms. The Morgan fingerprint density at radius 1 is 0.810 bits per heavy atom. The van der Waals surface area contributed by atoms with Crippen LogP contribution < -0.4 is 30.7 Å². The molecule has 4 N–H and O–H groups in total. The second-order valence-corrected chi connectivity index (χ2v) is 8.73. The molecule has 0 spiro atoms. The molecule has 42 heavy (non-hydrogen) atoms. The van der Waals surface area contributed by atoms with Gasteiger partial charge in [-0.25, -0.2) is 15.0 Å². The number of nitrogens with two attached hydrogens (primary N) is 1. The molecule has 3 heterocycles. The number of nitrogens with one attached hydrogen (secondary N) is 2. The molecule has 0 amide bonds. The molecule has 0 atom stereocenters. The van der Waals surface area contributed by atoms with Crippen molar-refractivity contribution in [3.05, 3.63) is 79.1 Å². The second kappa shape index (κ2) is 13.2. The first kappa shape index (κ1) is 30.2. The first-order valence-corrected chi connectivity index (χ1v) is 12.4. The number of alkyl halides is 6. The molecule has 0 bridgehead atoms. The minimum absolute atomic E-state index is 0.233. The fourth-order valence-electron chi connectivity index (χ4n) is 3.81. The number of hydrogen-bond donors (Lipinski definition) is 3. The molecule has 0 saturated carbocycles. The first-order chi connectivity index (χ1) is 19.9. The maximum absolute atomic E-state index is 12.4. The fourth-order valence-corrected chi connectivity index (χ4v) is 3.81. The summed E-state index contributed by atoms with van der Waals surface area (Å²) < 4.78 is 79.6.